The van der Waals surface area contributed by atoms with Crippen LogP contribution in [-0.4, -0.2) is 54.6 Å². The largest absolute Gasteiger partial charge is 0.292 e. The normalized spacial score (nSPS) is 28.4. The molecule has 5 rings (SSSR count). The first-order chi connectivity index (χ1) is 17.1. The maximum atomic E-state index is 13.6. The molecule has 0 N–H and O–H groups in total. The van der Waals surface area contributed by atoms with E-state index in [1.807, 2.05) is 0 Å². The minimum atomic E-state index is -0.785. The Bertz CT molecular complexity index is 1260. The first-order valence-electron chi connectivity index (χ1n) is 11.1. The molecule has 186 valence electrons. The summed E-state index contributed by atoms with van der Waals surface area (Å²) in [5, 5.41) is 13.1. The molecule has 2 saturated carbocycles. The van der Waals surface area contributed by atoms with E-state index >= 15 is 0 Å². The summed E-state index contributed by atoms with van der Waals surface area (Å²) in [4.78, 5) is 64.3. The molecule has 1 aliphatic heterocycles. The maximum Gasteiger partial charge on any atom is 0.273 e. The summed E-state index contributed by atoms with van der Waals surface area (Å²) < 4.78 is 0. The van der Waals surface area contributed by atoms with Crippen molar-refractivity contribution in [1.82, 2.24) is 10.0 Å². The molecule has 1 heterocycles. The Balaban J connectivity index is 1.50. The number of amides is 3. The van der Waals surface area contributed by atoms with Crippen molar-refractivity contribution in [2.75, 3.05) is 6.54 Å². The van der Waals surface area contributed by atoms with E-state index in [2.05, 4.69) is 31.9 Å². The number of non-ortho nitro benzene ring substituents is 1. The third kappa shape index (κ3) is 3.97. The second-order valence-corrected chi connectivity index (χ2v) is 11.6. The van der Waals surface area contributed by atoms with Crippen LogP contribution in [0.4, 0.5) is 5.69 Å². The molecule has 3 aliphatic rings. The van der Waals surface area contributed by atoms with Gasteiger partial charge in [0.25, 0.3) is 23.4 Å². The summed E-state index contributed by atoms with van der Waals surface area (Å²) in [5.41, 5.74) is 0.0321. The number of hydrogen-bond donors (Lipinski definition) is 0. The Morgan fingerprint density at radius 3 is 1.94 bits per heavy atom. The molecular formula is C24H18Br2ClN3O6. The number of fused-ring (bicyclic) bond motifs is 5. The molecule has 3 amide bonds. The lowest BCUT2D eigenvalue weighted by Crippen LogP contribution is -2.52. The first kappa shape index (κ1) is 25.0. The van der Waals surface area contributed by atoms with Crippen molar-refractivity contribution in [2.24, 2.45) is 23.7 Å². The second kappa shape index (κ2) is 9.35. The van der Waals surface area contributed by atoms with Crippen LogP contribution in [0.25, 0.3) is 0 Å². The van der Waals surface area contributed by atoms with Crippen LogP contribution in [0, 0.1) is 33.8 Å². The number of nitro benzene ring substituents is 1. The molecule has 2 aliphatic carbocycles. The summed E-state index contributed by atoms with van der Waals surface area (Å²) in [6, 6.07) is 10.8. The summed E-state index contributed by atoms with van der Waals surface area (Å²) >= 11 is 13.2. The van der Waals surface area contributed by atoms with Gasteiger partial charge in [-0.1, -0.05) is 43.5 Å². The Morgan fingerprint density at radius 2 is 1.44 bits per heavy atom. The monoisotopic (exact) mass is 637 g/mol. The van der Waals surface area contributed by atoms with Crippen LogP contribution in [0.15, 0.2) is 48.5 Å². The number of hydrazine groups is 1. The summed E-state index contributed by atoms with van der Waals surface area (Å²) in [7, 11) is 0. The van der Waals surface area contributed by atoms with Gasteiger partial charge in [-0.15, -0.1) is 0 Å². The summed E-state index contributed by atoms with van der Waals surface area (Å²) in [6.45, 7) is -0.570. The lowest BCUT2D eigenvalue weighted by Gasteiger charge is -2.30. The maximum absolute atomic E-state index is 13.6. The van der Waals surface area contributed by atoms with Gasteiger partial charge in [-0.3, -0.25) is 29.3 Å². The lowest BCUT2D eigenvalue weighted by molar-refractivity contribution is -0.384. The zero-order valence-electron chi connectivity index (χ0n) is 18.4. The summed E-state index contributed by atoms with van der Waals surface area (Å²) in [6.07, 6.45) is 0.715. The van der Waals surface area contributed by atoms with Crippen LogP contribution in [0.1, 0.15) is 27.1 Å². The number of halogens is 3. The smallest absolute Gasteiger partial charge is 0.273 e. The van der Waals surface area contributed by atoms with Crippen molar-refractivity contribution in [3.05, 3.63) is 74.8 Å². The predicted octanol–water partition coefficient (Wildman–Crippen LogP) is 4.27. The number of hydrogen-bond acceptors (Lipinski definition) is 6. The van der Waals surface area contributed by atoms with E-state index in [-0.39, 0.29) is 38.3 Å². The number of carbonyl (C=O) groups is 4. The van der Waals surface area contributed by atoms with Gasteiger partial charge in [0.1, 0.15) is 6.54 Å². The van der Waals surface area contributed by atoms with E-state index in [4.69, 9.17) is 11.6 Å². The van der Waals surface area contributed by atoms with Crippen LogP contribution in [0.2, 0.25) is 5.02 Å². The lowest BCUT2D eigenvalue weighted by atomic mass is 9.81. The standard InChI is InChI=1S/C24H18Br2ClN3O6/c25-20-15-9-16(21(20)26)19-18(15)23(33)29(24(19)34)28(10-17(31)11-1-5-13(27)6-2-11)22(32)12-3-7-14(8-4-12)30(35)36/h1-8,15-16,18-21H,9-10H2/t15-,16-,18-,19-,20+,21+/m1/s1. The number of imide groups is 1. The molecule has 0 radical (unpaired) electrons. The molecule has 1 saturated heterocycles. The number of ketones is 1. The third-order valence-corrected chi connectivity index (χ3v) is 10.7. The molecule has 12 heteroatoms. The Morgan fingerprint density at radius 1 is 0.944 bits per heavy atom. The molecular weight excluding hydrogens is 622 g/mol. The Kier molecular flexibility index (Phi) is 6.50. The zero-order valence-corrected chi connectivity index (χ0v) is 22.4. The fraction of sp³-hybridized carbons (Fsp3) is 0.333. The number of nitrogens with zero attached hydrogens (tertiary/aromatic N) is 3. The van der Waals surface area contributed by atoms with Crippen LogP contribution >= 0.6 is 43.5 Å². The van der Waals surface area contributed by atoms with Gasteiger partial charge < -0.3 is 0 Å². The predicted molar refractivity (Wildman–Crippen MR) is 136 cm³/mol. The zero-order chi connectivity index (χ0) is 25.9. The quantitative estimate of drug-likeness (QED) is 0.153. The van der Waals surface area contributed by atoms with E-state index in [0.717, 1.165) is 22.2 Å². The van der Waals surface area contributed by atoms with Crippen LogP contribution < -0.4 is 0 Å². The highest BCUT2D eigenvalue weighted by Gasteiger charge is 2.67. The van der Waals surface area contributed by atoms with Crippen molar-refractivity contribution in [3.63, 3.8) is 0 Å². The molecule has 2 aromatic carbocycles. The van der Waals surface area contributed by atoms with Gasteiger partial charge in [0.05, 0.1) is 16.8 Å². The van der Waals surface area contributed by atoms with Gasteiger partial charge in [0, 0.05) is 37.9 Å². The van der Waals surface area contributed by atoms with E-state index in [0.29, 0.717) is 11.4 Å². The molecule has 36 heavy (non-hydrogen) atoms. The topological polar surface area (TPSA) is 118 Å². The molecule has 0 unspecified atom stereocenters. The number of carbonyl (C=O) groups excluding carboxylic acids is 4. The third-order valence-electron chi connectivity index (χ3n) is 7.22. The van der Waals surface area contributed by atoms with E-state index in [1.165, 1.54) is 36.4 Å². The molecule has 2 bridgehead atoms. The fourth-order valence-electron chi connectivity index (χ4n) is 5.54. The van der Waals surface area contributed by atoms with Gasteiger partial charge in [0.2, 0.25) is 0 Å². The SMILES string of the molecule is O=C(CN(C(=O)c1ccc([N+](=O)[O-])cc1)N1C(=O)[C@@H]2[C@H]3C[C@@H]([C@H](Br)[C@H]3Br)[C@H]2C1=O)c1ccc(Cl)cc1. The minimum Gasteiger partial charge on any atom is -0.292 e. The van der Waals surface area contributed by atoms with Crippen LogP contribution in [-0.2, 0) is 9.59 Å². The number of nitro groups is 1. The number of benzene rings is 2. The highest BCUT2D eigenvalue weighted by molar-refractivity contribution is 9.12. The average Bonchev–Trinajstić information content (AvgIpc) is 3.47. The van der Waals surface area contributed by atoms with E-state index in [9.17, 15) is 29.3 Å². The van der Waals surface area contributed by atoms with Gasteiger partial charge >= 0.3 is 0 Å². The van der Waals surface area contributed by atoms with Gasteiger partial charge in [0.15, 0.2) is 5.78 Å². The second-order valence-electron chi connectivity index (χ2n) is 9.09. The van der Waals surface area contributed by atoms with Crippen molar-refractivity contribution in [3.8, 4) is 0 Å². The fourth-order valence-corrected chi connectivity index (χ4v) is 7.54. The minimum absolute atomic E-state index is 0.00173. The highest BCUT2D eigenvalue weighted by Crippen LogP contribution is 2.60. The van der Waals surface area contributed by atoms with Gasteiger partial charge in [-0.2, -0.15) is 5.01 Å². The average molecular weight is 640 g/mol. The van der Waals surface area contributed by atoms with E-state index in [1.54, 1.807) is 0 Å². The molecule has 6 atom stereocenters. The van der Waals surface area contributed by atoms with Crippen molar-refractivity contribution in [2.45, 2.75) is 16.1 Å². The van der Waals surface area contributed by atoms with Gasteiger partial charge in [-0.25, -0.2) is 5.01 Å². The van der Waals surface area contributed by atoms with Crippen LogP contribution in [0.3, 0.4) is 0 Å². The molecule has 0 aromatic heterocycles. The highest BCUT2D eigenvalue weighted by atomic mass is 79.9. The van der Waals surface area contributed by atoms with E-state index < -0.39 is 46.8 Å². The number of Topliss-reactive ketones (excluding diaryl/α,β-unsaturated/α-hetero) is 1. The molecule has 3 fully saturated rings. The number of rotatable bonds is 6. The van der Waals surface area contributed by atoms with Crippen molar-refractivity contribution < 1.29 is 24.1 Å². The Hall–Kier alpha value is -2.63. The van der Waals surface area contributed by atoms with Crippen molar-refractivity contribution >= 4 is 72.7 Å². The molecule has 0 spiro atoms. The molecule has 9 nitrogen and oxygen atoms in total. The molecule has 2 aromatic rings. The first-order valence-corrected chi connectivity index (χ1v) is 13.3. The van der Waals surface area contributed by atoms with Gasteiger partial charge in [-0.05, 0) is 54.7 Å². The Labute approximate surface area is 227 Å². The number of alkyl halides is 2. The van der Waals surface area contributed by atoms with Crippen LogP contribution in [0.5, 0.6) is 0 Å². The summed E-state index contributed by atoms with van der Waals surface area (Å²) in [5.74, 6) is -3.63. The van der Waals surface area contributed by atoms with Crippen molar-refractivity contribution in [1.29, 1.82) is 0 Å².